The van der Waals surface area contributed by atoms with Gasteiger partial charge in [0.2, 0.25) is 10.0 Å². The van der Waals surface area contributed by atoms with Crippen LogP contribution in [-0.4, -0.2) is 51.6 Å². The first kappa shape index (κ1) is 13.3. The summed E-state index contributed by atoms with van der Waals surface area (Å²) in [6.45, 7) is 3.91. The smallest absolute Gasteiger partial charge is 0.238 e. The summed E-state index contributed by atoms with van der Waals surface area (Å²) in [7, 11) is -1.51. The lowest BCUT2D eigenvalue weighted by atomic mass is 10.3. The van der Waals surface area contributed by atoms with Crippen LogP contribution in [0.3, 0.4) is 0 Å². The lowest BCUT2D eigenvalue weighted by Gasteiger charge is -2.33. The van der Waals surface area contributed by atoms with Gasteiger partial charge in [-0.3, -0.25) is 0 Å². The first-order chi connectivity index (χ1) is 8.45. The van der Waals surface area contributed by atoms with Crippen molar-refractivity contribution in [2.75, 3.05) is 38.7 Å². The number of likely N-dealkylation sites (N-methyl/N-ethyl adjacent to an activating group) is 1. The van der Waals surface area contributed by atoms with Gasteiger partial charge in [0, 0.05) is 31.9 Å². The molecule has 6 nitrogen and oxygen atoms in total. The lowest BCUT2D eigenvalue weighted by Crippen LogP contribution is -2.46. The molecule has 1 fully saturated rings. The van der Waals surface area contributed by atoms with Gasteiger partial charge in [-0.1, -0.05) is 0 Å². The average Bonchev–Trinajstić information content (AvgIpc) is 2.32. The number of nitrogens with one attached hydrogen (secondary N) is 1. The summed E-state index contributed by atoms with van der Waals surface area (Å²) >= 11 is 0. The Morgan fingerprint density at radius 3 is 2.17 bits per heavy atom. The van der Waals surface area contributed by atoms with Gasteiger partial charge in [-0.15, -0.1) is 0 Å². The molecule has 2 rings (SSSR count). The van der Waals surface area contributed by atoms with E-state index in [1.165, 1.54) is 12.1 Å². The van der Waals surface area contributed by atoms with E-state index in [9.17, 15) is 8.42 Å². The quantitative estimate of drug-likeness (QED) is 0.802. The Morgan fingerprint density at radius 2 is 1.67 bits per heavy atom. The minimum Gasteiger partial charge on any atom is -0.319 e. The van der Waals surface area contributed by atoms with Crippen molar-refractivity contribution in [2.24, 2.45) is 5.14 Å². The number of sulfonamides is 1. The Morgan fingerprint density at radius 1 is 1.11 bits per heavy atom. The second kappa shape index (κ2) is 5.23. The molecule has 3 N–H and O–H groups in total. The number of hydrogen-bond donors (Lipinski definition) is 2. The van der Waals surface area contributed by atoms with Crippen LogP contribution in [0.1, 0.15) is 0 Å². The summed E-state index contributed by atoms with van der Waals surface area (Å²) in [5.74, 6) is 0. The number of rotatable bonds is 3. The molecule has 0 radical (unpaired) electrons. The molecule has 0 atom stereocenters. The molecule has 1 heterocycles. The van der Waals surface area contributed by atoms with E-state index < -0.39 is 10.0 Å². The first-order valence-corrected chi connectivity index (χ1v) is 7.33. The molecule has 0 spiro atoms. The van der Waals surface area contributed by atoms with E-state index in [1.807, 2.05) is 0 Å². The number of piperazine rings is 1. The van der Waals surface area contributed by atoms with Crippen LogP contribution < -0.4 is 10.6 Å². The number of hydrogen-bond acceptors (Lipinski definition) is 5. The van der Waals surface area contributed by atoms with E-state index in [2.05, 4.69) is 22.4 Å². The van der Waals surface area contributed by atoms with Crippen LogP contribution in [-0.2, 0) is 10.0 Å². The van der Waals surface area contributed by atoms with Crippen molar-refractivity contribution in [1.82, 2.24) is 9.91 Å². The lowest BCUT2D eigenvalue weighted by molar-refractivity contribution is 0.179. The first-order valence-electron chi connectivity index (χ1n) is 5.78. The molecule has 0 aromatic heterocycles. The minimum atomic E-state index is -3.61. The van der Waals surface area contributed by atoms with Gasteiger partial charge in [-0.25, -0.2) is 18.6 Å². The van der Waals surface area contributed by atoms with Gasteiger partial charge in [0.05, 0.1) is 4.90 Å². The maximum atomic E-state index is 11.1. The fraction of sp³-hybridized carbons (Fsp3) is 0.455. The summed E-state index contributed by atoms with van der Waals surface area (Å²) < 4.78 is 22.2. The molecule has 1 aliphatic rings. The van der Waals surface area contributed by atoms with Crippen molar-refractivity contribution < 1.29 is 8.42 Å². The fourth-order valence-corrected chi connectivity index (χ4v) is 2.34. The predicted octanol–water partition coefficient (Wildman–Crippen LogP) is -0.0917. The minimum absolute atomic E-state index is 0.131. The highest BCUT2D eigenvalue weighted by atomic mass is 32.2. The maximum Gasteiger partial charge on any atom is 0.238 e. The van der Waals surface area contributed by atoms with Crippen molar-refractivity contribution in [3.8, 4) is 0 Å². The molecule has 0 aliphatic carbocycles. The van der Waals surface area contributed by atoms with Gasteiger partial charge in [0.15, 0.2) is 0 Å². The molecule has 0 saturated carbocycles. The summed E-state index contributed by atoms with van der Waals surface area (Å²) in [5, 5.41) is 7.16. The highest BCUT2D eigenvalue weighted by Crippen LogP contribution is 2.14. The summed E-state index contributed by atoms with van der Waals surface area (Å²) in [5.41, 5.74) is 4.12. The van der Waals surface area contributed by atoms with Crippen molar-refractivity contribution in [2.45, 2.75) is 4.90 Å². The maximum absolute atomic E-state index is 11.1. The highest BCUT2D eigenvalue weighted by Gasteiger charge is 2.13. The number of nitrogens with zero attached hydrogens (tertiary/aromatic N) is 2. The number of nitrogens with two attached hydrogens (primary N) is 1. The van der Waals surface area contributed by atoms with Crippen LogP contribution in [0, 0.1) is 0 Å². The normalized spacial score (nSPS) is 18.8. The molecule has 1 aliphatic heterocycles. The van der Waals surface area contributed by atoms with E-state index in [4.69, 9.17) is 5.14 Å². The van der Waals surface area contributed by atoms with Crippen LogP contribution in [0.5, 0.6) is 0 Å². The number of anilines is 1. The van der Waals surface area contributed by atoms with Crippen LogP contribution in [0.4, 0.5) is 5.69 Å². The molecule has 0 amide bonds. The molecule has 1 saturated heterocycles. The number of benzene rings is 1. The molecule has 100 valence electrons. The van der Waals surface area contributed by atoms with Crippen LogP contribution in [0.15, 0.2) is 29.2 Å². The third kappa shape index (κ3) is 3.42. The van der Waals surface area contributed by atoms with E-state index in [-0.39, 0.29) is 4.90 Å². The SMILES string of the molecule is CN1CCN(Nc2ccc(S(N)(=O)=O)cc2)CC1. The van der Waals surface area contributed by atoms with Crippen molar-refractivity contribution in [1.29, 1.82) is 0 Å². The monoisotopic (exact) mass is 270 g/mol. The van der Waals surface area contributed by atoms with Gasteiger partial charge in [-0.2, -0.15) is 0 Å². The highest BCUT2D eigenvalue weighted by molar-refractivity contribution is 7.89. The summed E-state index contributed by atoms with van der Waals surface area (Å²) in [6, 6.07) is 6.46. The Bertz CT molecular complexity index is 492. The fourth-order valence-electron chi connectivity index (χ4n) is 1.82. The van der Waals surface area contributed by atoms with Crippen LogP contribution >= 0.6 is 0 Å². The van der Waals surface area contributed by atoms with Gasteiger partial charge < -0.3 is 10.3 Å². The Kier molecular flexibility index (Phi) is 3.86. The summed E-state index contributed by atoms with van der Waals surface area (Å²) in [4.78, 5) is 2.40. The van der Waals surface area contributed by atoms with Crippen molar-refractivity contribution in [3.63, 3.8) is 0 Å². The van der Waals surface area contributed by atoms with E-state index >= 15 is 0 Å². The molecule has 0 bridgehead atoms. The topological polar surface area (TPSA) is 78.7 Å². The molecule has 18 heavy (non-hydrogen) atoms. The molecule has 7 heteroatoms. The van der Waals surface area contributed by atoms with Gasteiger partial charge in [0.1, 0.15) is 0 Å². The largest absolute Gasteiger partial charge is 0.319 e. The number of primary sulfonamides is 1. The Labute approximate surface area is 107 Å². The predicted molar refractivity (Wildman–Crippen MR) is 70.5 cm³/mol. The average molecular weight is 270 g/mol. The molecule has 1 aromatic carbocycles. The van der Waals surface area contributed by atoms with Crippen LogP contribution in [0.25, 0.3) is 0 Å². The summed E-state index contributed by atoms with van der Waals surface area (Å²) in [6.07, 6.45) is 0. The second-order valence-electron chi connectivity index (χ2n) is 4.47. The molecule has 0 unspecified atom stereocenters. The second-order valence-corrected chi connectivity index (χ2v) is 6.03. The molecular weight excluding hydrogens is 252 g/mol. The third-order valence-electron chi connectivity index (χ3n) is 2.97. The van der Waals surface area contributed by atoms with Crippen LogP contribution in [0.2, 0.25) is 0 Å². The zero-order valence-corrected chi connectivity index (χ0v) is 11.2. The zero-order valence-electron chi connectivity index (χ0n) is 10.3. The van der Waals surface area contributed by atoms with Crippen molar-refractivity contribution in [3.05, 3.63) is 24.3 Å². The standard InChI is InChI=1S/C11H18N4O2S/c1-14-6-8-15(9-7-14)13-10-2-4-11(5-3-10)18(12,16)17/h2-5,13H,6-9H2,1H3,(H2,12,16,17). The van der Waals surface area contributed by atoms with Crippen molar-refractivity contribution >= 4 is 15.7 Å². The Balaban J connectivity index is 1.98. The number of hydrazine groups is 1. The van der Waals surface area contributed by atoms with Gasteiger partial charge in [0.25, 0.3) is 0 Å². The van der Waals surface area contributed by atoms with E-state index in [0.717, 1.165) is 31.9 Å². The molecule has 1 aromatic rings. The Hall–Kier alpha value is -1.15. The third-order valence-corrected chi connectivity index (χ3v) is 3.90. The van der Waals surface area contributed by atoms with Gasteiger partial charge >= 0.3 is 0 Å². The molecular formula is C11H18N4O2S. The van der Waals surface area contributed by atoms with Gasteiger partial charge in [-0.05, 0) is 31.3 Å². The zero-order chi connectivity index (χ0) is 13.2. The van der Waals surface area contributed by atoms with E-state index in [1.54, 1.807) is 12.1 Å². The van der Waals surface area contributed by atoms with E-state index in [0.29, 0.717) is 0 Å².